The van der Waals surface area contributed by atoms with Crippen LogP contribution in [0.2, 0.25) is 0 Å². The molecule has 3 fully saturated rings. The molecule has 3 aliphatic rings. The van der Waals surface area contributed by atoms with Gasteiger partial charge >= 0.3 is 6.18 Å². The number of halogens is 7. The molecule has 0 unspecified atom stereocenters. The van der Waals surface area contributed by atoms with Gasteiger partial charge in [-0.25, -0.2) is 22.2 Å². The van der Waals surface area contributed by atoms with Gasteiger partial charge in [0.15, 0.2) is 11.7 Å². The van der Waals surface area contributed by atoms with Crippen LogP contribution >= 0.6 is 0 Å². The fraction of sp³-hybridized carbons (Fsp3) is 0.458. The fourth-order valence-electron chi connectivity index (χ4n) is 5.69. The van der Waals surface area contributed by atoms with Crippen molar-refractivity contribution in [1.29, 1.82) is 0 Å². The zero-order valence-electron chi connectivity index (χ0n) is 19.3. The SMILES string of the molecule is C[C@@H](Oc1ccc(C23CC(C(F)(F)[C@@](O)(Cn4cnnn4)c4ccc(F)cc4F)(C2)C3)cc1)C(F)(F)F. The number of alkyl halides is 5. The first-order valence-corrected chi connectivity index (χ1v) is 11.3. The maximum Gasteiger partial charge on any atom is 0.425 e. The zero-order chi connectivity index (χ0) is 26.9. The van der Waals surface area contributed by atoms with Crippen LogP contribution in [0, 0.1) is 17.0 Å². The normalized spacial score (nSPS) is 25.5. The highest BCUT2D eigenvalue weighted by Crippen LogP contribution is 2.80. The van der Waals surface area contributed by atoms with Crippen LogP contribution in [0.3, 0.4) is 0 Å². The largest absolute Gasteiger partial charge is 0.481 e. The molecule has 1 N–H and O–H groups in total. The highest BCUT2D eigenvalue weighted by Gasteiger charge is 2.82. The van der Waals surface area contributed by atoms with Crippen LogP contribution in [0.5, 0.6) is 5.75 Å². The summed E-state index contributed by atoms with van der Waals surface area (Å²) in [7, 11) is 0. The highest BCUT2D eigenvalue weighted by atomic mass is 19.4. The molecule has 2 atom stereocenters. The van der Waals surface area contributed by atoms with Crippen LogP contribution in [-0.2, 0) is 17.6 Å². The lowest BCUT2D eigenvalue weighted by Gasteiger charge is -2.74. The molecule has 1 aromatic heterocycles. The number of aliphatic hydroxyl groups is 1. The topological polar surface area (TPSA) is 73.1 Å². The molecular weight excluding hydrogens is 509 g/mol. The molecule has 3 aliphatic carbocycles. The molecule has 1 heterocycles. The third-order valence-corrected chi connectivity index (χ3v) is 7.62. The van der Waals surface area contributed by atoms with Gasteiger partial charge in [0, 0.05) is 17.0 Å². The molecule has 6 nitrogen and oxygen atoms in total. The van der Waals surface area contributed by atoms with E-state index in [-0.39, 0.29) is 25.0 Å². The van der Waals surface area contributed by atoms with E-state index in [1.165, 1.54) is 24.3 Å². The summed E-state index contributed by atoms with van der Waals surface area (Å²) in [4.78, 5) is 0. The summed E-state index contributed by atoms with van der Waals surface area (Å²) in [5.41, 5.74) is -5.58. The Bertz CT molecular complexity index is 1280. The predicted octanol–water partition coefficient (Wildman–Crippen LogP) is 4.93. The van der Waals surface area contributed by atoms with E-state index in [1.807, 2.05) is 0 Å². The number of nitrogens with zero attached hydrogens (tertiary/aromatic N) is 4. The second-order valence-electron chi connectivity index (χ2n) is 9.98. The van der Waals surface area contributed by atoms with Crippen molar-refractivity contribution in [3.05, 3.63) is 71.6 Å². The monoisotopic (exact) mass is 530 g/mol. The summed E-state index contributed by atoms with van der Waals surface area (Å²) < 4.78 is 105. The lowest BCUT2D eigenvalue weighted by atomic mass is 9.30. The number of hydrogen-bond donors (Lipinski definition) is 1. The maximum absolute atomic E-state index is 16.2. The Labute approximate surface area is 206 Å². The van der Waals surface area contributed by atoms with Crippen molar-refractivity contribution in [3.8, 4) is 5.75 Å². The predicted molar refractivity (Wildman–Crippen MR) is 114 cm³/mol. The average molecular weight is 530 g/mol. The summed E-state index contributed by atoms with van der Waals surface area (Å²) in [6, 6.07) is 7.76. The van der Waals surface area contributed by atoms with Crippen LogP contribution < -0.4 is 4.74 Å². The van der Waals surface area contributed by atoms with Crippen molar-refractivity contribution in [3.63, 3.8) is 0 Å². The first-order valence-electron chi connectivity index (χ1n) is 11.3. The molecule has 3 aromatic rings. The first-order chi connectivity index (χ1) is 17.2. The minimum atomic E-state index is -4.53. The molecule has 37 heavy (non-hydrogen) atoms. The molecule has 198 valence electrons. The molecule has 0 aliphatic heterocycles. The van der Waals surface area contributed by atoms with Gasteiger partial charge in [0.05, 0.1) is 6.54 Å². The Hall–Kier alpha value is -3.22. The van der Waals surface area contributed by atoms with Gasteiger partial charge in [-0.2, -0.15) is 13.2 Å². The maximum atomic E-state index is 16.2. The summed E-state index contributed by atoms with van der Waals surface area (Å²) in [5.74, 6) is -6.21. The number of ether oxygens (including phenoxy) is 1. The Kier molecular flexibility index (Phi) is 5.59. The fourth-order valence-corrected chi connectivity index (χ4v) is 5.69. The van der Waals surface area contributed by atoms with Gasteiger partial charge in [-0.1, -0.05) is 12.1 Å². The van der Waals surface area contributed by atoms with Crippen LogP contribution in [0.15, 0.2) is 48.8 Å². The van der Waals surface area contributed by atoms with Crippen LogP contribution in [-0.4, -0.2) is 43.5 Å². The summed E-state index contributed by atoms with van der Waals surface area (Å²) in [5, 5.41) is 21.6. The molecular formula is C24H21F7N4O2. The van der Waals surface area contributed by atoms with Gasteiger partial charge in [0.1, 0.15) is 23.7 Å². The molecule has 3 saturated carbocycles. The second kappa shape index (κ2) is 8.14. The van der Waals surface area contributed by atoms with Gasteiger partial charge < -0.3 is 9.84 Å². The minimum absolute atomic E-state index is 0.0113. The van der Waals surface area contributed by atoms with Crippen molar-refractivity contribution < 1.29 is 40.6 Å². The van der Waals surface area contributed by atoms with E-state index in [9.17, 15) is 27.1 Å². The molecule has 0 saturated heterocycles. The Morgan fingerprint density at radius 3 is 2.22 bits per heavy atom. The van der Waals surface area contributed by atoms with Gasteiger partial charge in [-0.15, -0.1) is 5.10 Å². The van der Waals surface area contributed by atoms with E-state index in [0.29, 0.717) is 11.6 Å². The van der Waals surface area contributed by atoms with Gasteiger partial charge in [0.2, 0.25) is 0 Å². The summed E-state index contributed by atoms with van der Waals surface area (Å²) in [6.45, 7) is -0.00486. The van der Waals surface area contributed by atoms with Crippen molar-refractivity contribution in [2.45, 2.75) is 61.9 Å². The van der Waals surface area contributed by atoms with E-state index in [0.717, 1.165) is 30.1 Å². The zero-order valence-corrected chi connectivity index (χ0v) is 19.3. The molecule has 13 heteroatoms. The minimum Gasteiger partial charge on any atom is -0.481 e. The summed E-state index contributed by atoms with van der Waals surface area (Å²) in [6.07, 6.45) is -5.70. The van der Waals surface area contributed by atoms with E-state index in [2.05, 4.69) is 15.5 Å². The van der Waals surface area contributed by atoms with E-state index in [1.54, 1.807) is 0 Å². The molecule has 2 bridgehead atoms. The van der Waals surface area contributed by atoms with Gasteiger partial charge in [-0.05, 0) is 71.9 Å². The number of benzene rings is 2. The molecule has 2 aromatic carbocycles. The number of rotatable bonds is 8. The summed E-state index contributed by atoms with van der Waals surface area (Å²) >= 11 is 0. The van der Waals surface area contributed by atoms with E-state index >= 15 is 8.78 Å². The smallest absolute Gasteiger partial charge is 0.425 e. The standard InChI is InChI=1S/C24H21F7N4O2/c1-14(23(27,28)29)37-17-5-2-15(3-6-17)20-9-21(10-20,11-20)24(30,31)22(36,12-35-13-32-33-34-35)18-7-4-16(25)8-19(18)26/h2-8,13-14,36H,9-12H2,1H3/t14-,20?,21?,22-/m1/s1. The molecule has 6 rings (SSSR count). The average Bonchev–Trinajstić information content (AvgIpc) is 3.24. The quantitative estimate of drug-likeness (QED) is 0.419. The molecule has 0 amide bonds. The third-order valence-electron chi connectivity index (χ3n) is 7.62. The van der Waals surface area contributed by atoms with Gasteiger partial charge in [-0.3, -0.25) is 0 Å². The van der Waals surface area contributed by atoms with Crippen LogP contribution in [0.25, 0.3) is 0 Å². The van der Waals surface area contributed by atoms with Crippen LogP contribution in [0.4, 0.5) is 30.7 Å². The van der Waals surface area contributed by atoms with Crippen molar-refractivity contribution >= 4 is 0 Å². The molecule has 0 radical (unpaired) electrons. The number of hydrogen-bond acceptors (Lipinski definition) is 5. The van der Waals surface area contributed by atoms with E-state index in [4.69, 9.17) is 4.74 Å². The van der Waals surface area contributed by atoms with Gasteiger partial charge in [0.25, 0.3) is 5.92 Å². The van der Waals surface area contributed by atoms with Crippen molar-refractivity contribution in [2.24, 2.45) is 5.41 Å². The van der Waals surface area contributed by atoms with Crippen molar-refractivity contribution in [1.82, 2.24) is 20.2 Å². The highest BCUT2D eigenvalue weighted by molar-refractivity contribution is 5.44. The van der Waals surface area contributed by atoms with Crippen LogP contribution in [0.1, 0.15) is 37.3 Å². The number of tetrazole rings is 1. The Balaban J connectivity index is 1.39. The Morgan fingerprint density at radius 1 is 1.03 bits per heavy atom. The van der Waals surface area contributed by atoms with E-state index < -0.39 is 58.4 Å². The Morgan fingerprint density at radius 2 is 1.68 bits per heavy atom. The van der Waals surface area contributed by atoms with Crippen molar-refractivity contribution in [2.75, 3.05) is 0 Å². The molecule has 0 spiro atoms. The lowest BCUT2D eigenvalue weighted by molar-refractivity contribution is -0.347. The second-order valence-corrected chi connectivity index (χ2v) is 9.98. The lowest BCUT2D eigenvalue weighted by Crippen LogP contribution is -2.76. The number of aromatic nitrogens is 4. The third kappa shape index (κ3) is 3.85. The first kappa shape index (κ1) is 25.4.